The van der Waals surface area contributed by atoms with Gasteiger partial charge in [-0.1, -0.05) is 39.5 Å². The first kappa shape index (κ1) is 14.7. The van der Waals surface area contributed by atoms with Gasteiger partial charge in [-0.05, 0) is 12.3 Å². The highest BCUT2D eigenvalue weighted by Gasteiger charge is 1.97. The molecule has 0 bridgehead atoms. The van der Waals surface area contributed by atoms with Crippen molar-refractivity contribution in [2.75, 3.05) is 17.3 Å². The van der Waals surface area contributed by atoms with Crippen LogP contribution in [-0.2, 0) is 0 Å². The Morgan fingerprint density at radius 1 is 1.11 bits per heavy atom. The van der Waals surface area contributed by atoms with Crippen LogP contribution in [0.4, 0.5) is 11.6 Å². The molecule has 0 aromatic carbocycles. The van der Waals surface area contributed by atoms with Gasteiger partial charge in [0, 0.05) is 6.54 Å². The lowest BCUT2D eigenvalue weighted by molar-refractivity contribution is 0.523. The molecule has 0 fully saturated rings. The van der Waals surface area contributed by atoms with Crippen molar-refractivity contribution in [1.82, 2.24) is 9.97 Å². The summed E-state index contributed by atoms with van der Waals surface area (Å²) in [5.74, 6) is 7.45. The minimum Gasteiger partial charge on any atom is -0.369 e. The number of hydrazine groups is 1. The van der Waals surface area contributed by atoms with E-state index in [0.29, 0.717) is 5.82 Å². The van der Waals surface area contributed by atoms with Crippen LogP contribution < -0.4 is 16.6 Å². The third-order valence-electron chi connectivity index (χ3n) is 2.80. The summed E-state index contributed by atoms with van der Waals surface area (Å²) < 4.78 is 0. The molecule has 1 rings (SSSR count). The zero-order valence-electron chi connectivity index (χ0n) is 11.4. The van der Waals surface area contributed by atoms with Crippen molar-refractivity contribution in [3.05, 3.63) is 12.4 Å². The average Bonchev–Trinajstić information content (AvgIpc) is 2.37. The van der Waals surface area contributed by atoms with Gasteiger partial charge in [0.25, 0.3) is 0 Å². The first-order chi connectivity index (χ1) is 8.72. The molecule has 4 N–H and O–H groups in total. The van der Waals surface area contributed by atoms with E-state index in [1.807, 2.05) is 0 Å². The van der Waals surface area contributed by atoms with E-state index in [9.17, 15) is 0 Å². The zero-order chi connectivity index (χ0) is 13.2. The van der Waals surface area contributed by atoms with Crippen molar-refractivity contribution >= 4 is 11.6 Å². The molecule has 0 atom stereocenters. The van der Waals surface area contributed by atoms with Gasteiger partial charge in [0.2, 0.25) is 0 Å². The SMILES string of the molecule is CC(C)CCCCCCNc1cncc(NN)n1. The number of hydrogen-bond donors (Lipinski definition) is 3. The maximum absolute atomic E-state index is 5.27. The summed E-state index contributed by atoms with van der Waals surface area (Å²) in [6.45, 7) is 5.49. The van der Waals surface area contributed by atoms with Crippen LogP contribution in [0.1, 0.15) is 46.0 Å². The maximum atomic E-state index is 5.27. The van der Waals surface area contributed by atoms with Crippen LogP contribution in [0.5, 0.6) is 0 Å². The van der Waals surface area contributed by atoms with Gasteiger partial charge in [-0.25, -0.2) is 10.8 Å². The van der Waals surface area contributed by atoms with E-state index in [1.165, 1.54) is 32.1 Å². The topological polar surface area (TPSA) is 75.9 Å². The quantitative estimate of drug-likeness (QED) is 0.357. The lowest BCUT2D eigenvalue weighted by atomic mass is 10.0. The molecule has 0 aliphatic rings. The Labute approximate surface area is 110 Å². The Morgan fingerprint density at radius 2 is 1.83 bits per heavy atom. The number of anilines is 2. The smallest absolute Gasteiger partial charge is 0.160 e. The molecule has 1 aromatic rings. The van der Waals surface area contributed by atoms with E-state index in [-0.39, 0.29) is 0 Å². The second-order valence-electron chi connectivity index (χ2n) is 4.96. The second kappa shape index (κ2) is 8.69. The molecular weight excluding hydrogens is 226 g/mol. The molecule has 0 aliphatic carbocycles. The molecule has 1 heterocycles. The number of nitrogens with zero attached hydrogens (tertiary/aromatic N) is 2. The van der Waals surface area contributed by atoms with Crippen LogP contribution >= 0.6 is 0 Å². The predicted octanol–water partition coefficient (Wildman–Crippen LogP) is 2.78. The Morgan fingerprint density at radius 3 is 2.56 bits per heavy atom. The lowest BCUT2D eigenvalue weighted by Gasteiger charge is -2.07. The number of nitrogens with two attached hydrogens (primary N) is 1. The summed E-state index contributed by atoms with van der Waals surface area (Å²) in [6, 6.07) is 0. The molecule has 0 saturated heterocycles. The summed E-state index contributed by atoms with van der Waals surface area (Å²) in [4.78, 5) is 8.27. The predicted molar refractivity (Wildman–Crippen MR) is 76.3 cm³/mol. The van der Waals surface area contributed by atoms with Crippen LogP contribution in [0.15, 0.2) is 12.4 Å². The second-order valence-corrected chi connectivity index (χ2v) is 4.96. The highest BCUT2D eigenvalue weighted by Crippen LogP contribution is 2.10. The lowest BCUT2D eigenvalue weighted by Crippen LogP contribution is -2.11. The van der Waals surface area contributed by atoms with Crippen LogP contribution in [0.2, 0.25) is 0 Å². The highest BCUT2D eigenvalue weighted by molar-refractivity contribution is 5.40. The summed E-state index contributed by atoms with van der Waals surface area (Å²) >= 11 is 0. The molecule has 0 radical (unpaired) electrons. The fourth-order valence-electron chi connectivity index (χ4n) is 1.77. The van der Waals surface area contributed by atoms with Gasteiger partial charge in [0.05, 0.1) is 12.4 Å². The molecule has 0 spiro atoms. The van der Waals surface area contributed by atoms with Crippen molar-refractivity contribution < 1.29 is 0 Å². The third-order valence-corrected chi connectivity index (χ3v) is 2.80. The zero-order valence-corrected chi connectivity index (χ0v) is 11.4. The molecule has 0 amide bonds. The number of nitrogen functional groups attached to an aromatic ring is 1. The van der Waals surface area contributed by atoms with E-state index in [1.54, 1.807) is 12.4 Å². The Kier molecular flexibility index (Phi) is 7.10. The van der Waals surface area contributed by atoms with Gasteiger partial charge in [-0.3, -0.25) is 4.98 Å². The van der Waals surface area contributed by atoms with Gasteiger partial charge < -0.3 is 10.7 Å². The van der Waals surface area contributed by atoms with Gasteiger partial charge in [-0.15, -0.1) is 0 Å². The van der Waals surface area contributed by atoms with E-state index in [0.717, 1.165) is 18.3 Å². The van der Waals surface area contributed by atoms with Gasteiger partial charge in [0.15, 0.2) is 5.82 Å². The minimum atomic E-state index is 0.580. The van der Waals surface area contributed by atoms with Crippen molar-refractivity contribution in [2.24, 2.45) is 11.8 Å². The van der Waals surface area contributed by atoms with Gasteiger partial charge >= 0.3 is 0 Å². The maximum Gasteiger partial charge on any atom is 0.160 e. The Bertz CT molecular complexity index is 327. The monoisotopic (exact) mass is 251 g/mol. The minimum absolute atomic E-state index is 0.580. The van der Waals surface area contributed by atoms with Crippen molar-refractivity contribution in [1.29, 1.82) is 0 Å². The molecule has 0 saturated carbocycles. The molecule has 18 heavy (non-hydrogen) atoms. The normalized spacial score (nSPS) is 10.7. The molecule has 0 unspecified atom stereocenters. The third kappa shape index (κ3) is 6.39. The van der Waals surface area contributed by atoms with Gasteiger partial charge in [0.1, 0.15) is 5.82 Å². The molecular formula is C13H25N5. The van der Waals surface area contributed by atoms with Gasteiger partial charge in [-0.2, -0.15) is 0 Å². The van der Waals surface area contributed by atoms with Crippen LogP contribution in [0.3, 0.4) is 0 Å². The van der Waals surface area contributed by atoms with Crippen molar-refractivity contribution in [3.8, 4) is 0 Å². The van der Waals surface area contributed by atoms with E-state index in [4.69, 9.17) is 5.84 Å². The van der Waals surface area contributed by atoms with Crippen molar-refractivity contribution in [3.63, 3.8) is 0 Å². The standard InChI is InChI=1S/C13H25N5/c1-11(2)7-5-3-4-6-8-16-12-9-15-10-13(17-12)18-14/h9-11H,3-8,14H2,1-2H3,(H2,16,17,18). The fraction of sp³-hybridized carbons (Fsp3) is 0.692. The summed E-state index contributed by atoms with van der Waals surface area (Å²) in [5, 5.41) is 3.25. The first-order valence-corrected chi connectivity index (χ1v) is 6.75. The molecule has 0 aliphatic heterocycles. The largest absolute Gasteiger partial charge is 0.369 e. The molecule has 102 valence electrons. The van der Waals surface area contributed by atoms with Crippen LogP contribution in [0.25, 0.3) is 0 Å². The molecule has 5 heteroatoms. The highest BCUT2D eigenvalue weighted by atomic mass is 15.3. The Hall–Kier alpha value is -1.36. The molecule has 5 nitrogen and oxygen atoms in total. The fourth-order valence-corrected chi connectivity index (χ4v) is 1.77. The number of rotatable bonds is 9. The van der Waals surface area contributed by atoms with E-state index >= 15 is 0 Å². The number of nitrogens with one attached hydrogen (secondary N) is 2. The van der Waals surface area contributed by atoms with Crippen molar-refractivity contribution in [2.45, 2.75) is 46.0 Å². The Balaban J connectivity index is 2.06. The summed E-state index contributed by atoms with van der Waals surface area (Å²) in [7, 11) is 0. The van der Waals surface area contributed by atoms with E-state index < -0.39 is 0 Å². The number of hydrogen-bond acceptors (Lipinski definition) is 5. The number of aromatic nitrogens is 2. The van der Waals surface area contributed by atoms with E-state index in [2.05, 4.69) is 34.6 Å². The molecule has 1 aromatic heterocycles. The first-order valence-electron chi connectivity index (χ1n) is 6.75. The number of unbranched alkanes of at least 4 members (excludes halogenated alkanes) is 3. The summed E-state index contributed by atoms with van der Waals surface area (Å²) in [6.07, 6.45) is 9.72. The average molecular weight is 251 g/mol. The van der Waals surface area contributed by atoms with Crippen LogP contribution in [0, 0.1) is 5.92 Å². The van der Waals surface area contributed by atoms with Crippen LogP contribution in [-0.4, -0.2) is 16.5 Å². The summed E-state index contributed by atoms with van der Waals surface area (Å²) in [5.41, 5.74) is 2.48.